The molecule has 192 valence electrons. The average Bonchev–Trinajstić information content (AvgIpc) is 2.79. The number of esters is 1. The molecule has 0 spiro atoms. The normalized spacial score (nSPS) is 17.9. The highest BCUT2D eigenvalue weighted by molar-refractivity contribution is 6.32. The summed E-state index contributed by atoms with van der Waals surface area (Å²) in [6.45, 7) is 8.35. The Morgan fingerprint density at radius 1 is 1.20 bits per heavy atom. The zero-order chi connectivity index (χ0) is 25.5. The molecule has 1 saturated carbocycles. The van der Waals surface area contributed by atoms with Crippen LogP contribution in [0.1, 0.15) is 59.8 Å². The highest BCUT2D eigenvalue weighted by Crippen LogP contribution is 2.31. The van der Waals surface area contributed by atoms with Gasteiger partial charge in [-0.2, -0.15) is 4.98 Å². The van der Waals surface area contributed by atoms with Crippen molar-refractivity contribution in [1.82, 2.24) is 14.1 Å². The molecule has 0 radical (unpaired) electrons. The van der Waals surface area contributed by atoms with Crippen molar-refractivity contribution in [2.24, 2.45) is 11.8 Å². The summed E-state index contributed by atoms with van der Waals surface area (Å²) in [6.07, 6.45) is 4.10. The second-order valence-electron chi connectivity index (χ2n) is 9.38. The third-order valence-electron chi connectivity index (χ3n) is 6.12. The van der Waals surface area contributed by atoms with Gasteiger partial charge in [-0.3, -0.25) is 9.36 Å². The van der Waals surface area contributed by atoms with Crippen LogP contribution in [0.3, 0.4) is 0 Å². The minimum Gasteiger partial charge on any atom is -0.489 e. The Labute approximate surface area is 210 Å². The van der Waals surface area contributed by atoms with E-state index in [4.69, 9.17) is 21.1 Å². The standard InChI is InChI=1S/C25H35ClN4O5/c1-5-34-22(31)12-13-29-24(32)28-23(27-19-10-11-21(20(26)14-19)35-16(2)3)30(25(29)33)15-18-8-6-17(4)7-9-18/h10-11,14,16-18H,5-9,12-13,15H2,1-4H3,(H,27,28,32). The van der Waals surface area contributed by atoms with E-state index in [1.54, 1.807) is 25.1 Å². The van der Waals surface area contributed by atoms with Crippen LogP contribution in [-0.2, 0) is 22.6 Å². The fraction of sp³-hybridized carbons (Fsp3) is 0.600. The second kappa shape index (κ2) is 12.2. The molecule has 3 rings (SSSR count). The van der Waals surface area contributed by atoms with Gasteiger partial charge in [-0.15, -0.1) is 0 Å². The number of carbonyl (C=O) groups excluding carboxylic acids is 1. The molecule has 10 heteroatoms. The lowest BCUT2D eigenvalue weighted by Gasteiger charge is -2.27. The number of rotatable bonds is 10. The van der Waals surface area contributed by atoms with E-state index in [1.807, 2.05) is 13.8 Å². The second-order valence-corrected chi connectivity index (χ2v) is 9.79. The molecule has 0 atom stereocenters. The van der Waals surface area contributed by atoms with E-state index < -0.39 is 17.3 Å². The molecule has 2 aromatic rings. The van der Waals surface area contributed by atoms with Crippen LogP contribution in [0.2, 0.25) is 5.02 Å². The zero-order valence-electron chi connectivity index (χ0n) is 20.9. The van der Waals surface area contributed by atoms with Gasteiger partial charge in [0.1, 0.15) is 5.75 Å². The van der Waals surface area contributed by atoms with E-state index in [0.717, 1.165) is 30.3 Å². The molecular weight excluding hydrogens is 472 g/mol. The van der Waals surface area contributed by atoms with Crippen molar-refractivity contribution in [1.29, 1.82) is 0 Å². The largest absolute Gasteiger partial charge is 0.489 e. The summed E-state index contributed by atoms with van der Waals surface area (Å²) in [5.41, 5.74) is -0.643. The molecule has 1 aromatic heterocycles. The number of anilines is 2. The molecule has 0 aliphatic heterocycles. The number of halogens is 1. The first-order valence-corrected chi connectivity index (χ1v) is 12.7. The van der Waals surface area contributed by atoms with Crippen molar-refractivity contribution in [2.45, 2.75) is 79.0 Å². The lowest BCUT2D eigenvalue weighted by Crippen LogP contribution is -2.44. The maximum Gasteiger partial charge on any atom is 0.354 e. The van der Waals surface area contributed by atoms with Crippen LogP contribution >= 0.6 is 11.6 Å². The number of nitrogens with one attached hydrogen (secondary N) is 1. The van der Waals surface area contributed by atoms with Gasteiger partial charge in [0.15, 0.2) is 0 Å². The number of nitrogens with zero attached hydrogens (tertiary/aromatic N) is 3. The molecule has 0 bridgehead atoms. The lowest BCUT2D eigenvalue weighted by atomic mass is 9.83. The van der Waals surface area contributed by atoms with Crippen LogP contribution in [0.25, 0.3) is 0 Å². The Morgan fingerprint density at radius 2 is 1.91 bits per heavy atom. The van der Waals surface area contributed by atoms with Gasteiger partial charge in [-0.1, -0.05) is 31.4 Å². The minimum absolute atomic E-state index is 0.0291. The van der Waals surface area contributed by atoms with Crippen LogP contribution < -0.4 is 21.4 Å². The molecule has 1 aliphatic rings. The van der Waals surface area contributed by atoms with E-state index in [9.17, 15) is 14.4 Å². The molecule has 9 nitrogen and oxygen atoms in total. The van der Waals surface area contributed by atoms with Gasteiger partial charge < -0.3 is 14.8 Å². The summed E-state index contributed by atoms with van der Waals surface area (Å²) in [6, 6.07) is 5.16. The Kier molecular flexibility index (Phi) is 9.37. The first-order valence-electron chi connectivity index (χ1n) is 12.3. The topological polar surface area (TPSA) is 104 Å². The van der Waals surface area contributed by atoms with Gasteiger partial charge in [0.2, 0.25) is 5.95 Å². The van der Waals surface area contributed by atoms with Gasteiger partial charge >= 0.3 is 17.3 Å². The number of benzene rings is 1. The minimum atomic E-state index is -0.721. The Bertz CT molecular complexity index is 1140. The molecule has 1 heterocycles. The number of aromatic nitrogens is 3. The number of hydrogen-bond donors (Lipinski definition) is 1. The summed E-state index contributed by atoms with van der Waals surface area (Å²) in [5.74, 6) is 1.20. The maximum atomic E-state index is 13.4. The molecular formula is C25H35ClN4O5. The van der Waals surface area contributed by atoms with Crippen molar-refractivity contribution in [3.8, 4) is 5.75 Å². The number of hydrogen-bond acceptors (Lipinski definition) is 7. The number of ether oxygens (including phenoxy) is 2. The monoisotopic (exact) mass is 506 g/mol. The van der Waals surface area contributed by atoms with Crippen LogP contribution in [-0.4, -0.2) is 32.8 Å². The average molecular weight is 507 g/mol. The summed E-state index contributed by atoms with van der Waals surface area (Å²) in [4.78, 5) is 42.1. The molecule has 1 fully saturated rings. The molecule has 1 N–H and O–H groups in total. The highest BCUT2D eigenvalue weighted by Gasteiger charge is 2.22. The Morgan fingerprint density at radius 3 is 2.54 bits per heavy atom. The van der Waals surface area contributed by atoms with E-state index in [0.29, 0.717) is 34.8 Å². The van der Waals surface area contributed by atoms with Gasteiger partial charge in [0.05, 0.1) is 24.2 Å². The predicted octanol–water partition coefficient (Wildman–Crippen LogP) is 4.37. The Balaban J connectivity index is 1.93. The first kappa shape index (κ1) is 26.8. The molecule has 35 heavy (non-hydrogen) atoms. The van der Waals surface area contributed by atoms with Crippen LogP contribution in [0.5, 0.6) is 5.75 Å². The fourth-order valence-corrected chi connectivity index (χ4v) is 4.47. The van der Waals surface area contributed by atoms with Gasteiger partial charge in [0.25, 0.3) is 0 Å². The number of carbonyl (C=O) groups is 1. The summed E-state index contributed by atoms with van der Waals surface area (Å²) in [7, 11) is 0. The fourth-order valence-electron chi connectivity index (χ4n) is 4.24. The van der Waals surface area contributed by atoms with Crippen LogP contribution in [0.15, 0.2) is 27.8 Å². The van der Waals surface area contributed by atoms with Crippen LogP contribution in [0, 0.1) is 11.8 Å². The molecule has 0 unspecified atom stereocenters. The van der Waals surface area contributed by atoms with Crippen molar-refractivity contribution in [3.63, 3.8) is 0 Å². The smallest absolute Gasteiger partial charge is 0.354 e. The van der Waals surface area contributed by atoms with Crippen molar-refractivity contribution < 1.29 is 14.3 Å². The summed E-state index contributed by atoms with van der Waals surface area (Å²) < 4.78 is 13.1. The van der Waals surface area contributed by atoms with E-state index in [1.165, 1.54) is 4.57 Å². The van der Waals surface area contributed by atoms with E-state index >= 15 is 0 Å². The molecule has 1 aromatic carbocycles. The summed E-state index contributed by atoms with van der Waals surface area (Å²) >= 11 is 6.37. The third kappa shape index (κ3) is 7.34. The van der Waals surface area contributed by atoms with Crippen molar-refractivity contribution in [3.05, 3.63) is 44.2 Å². The van der Waals surface area contributed by atoms with Crippen molar-refractivity contribution in [2.75, 3.05) is 11.9 Å². The molecule has 0 saturated heterocycles. The quantitative estimate of drug-likeness (QED) is 0.477. The van der Waals surface area contributed by atoms with Crippen molar-refractivity contribution >= 4 is 29.2 Å². The van der Waals surface area contributed by atoms with E-state index in [-0.39, 0.29) is 31.6 Å². The maximum absolute atomic E-state index is 13.4. The van der Waals surface area contributed by atoms with Crippen LogP contribution in [0.4, 0.5) is 11.6 Å². The van der Waals surface area contributed by atoms with Gasteiger partial charge in [0, 0.05) is 18.8 Å². The predicted molar refractivity (Wildman–Crippen MR) is 136 cm³/mol. The SMILES string of the molecule is CCOC(=O)CCn1c(=O)nc(Nc2ccc(OC(C)C)c(Cl)c2)n(CC2CCC(C)CC2)c1=O. The summed E-state index contributed by atoms with van der Waals surface area (Å²) in [5, 5.41) is 3.50. The van der Waals surface area contributed by atoms with E-state index in [2.05, 4.69) is 17.2 Å². The molecule has 1 aliphatic carbocycles. The zero-order valence-corrected chi connectivity index (χ0v) is 21.6. The highest BCUT2D eigenvalue weighted by atomic mass is 35.5. The van der Waals surface area contributed by atoms with Gasteiger partial charge in [-0.05, 0) is 63.6 Å². The first-order chi connectivity index (χ1) is 16.7. The lowest BCUT2D eigenvalue weighted by molar-refractivity contribution is -0.143. The third-order valence-corrected chi connectivity index (χ3v) is 6.42. The Hall–Kier alpha value is -2.81. The van der Waals surface area contributed by atoms with Gasteiger partial charge in [-0.25, -0.2) is 14.2 Å². The molecule has 0 amide bonds.